The molecule has 2 aromatic carbocycles. The van der Waals surface area contributed by atoms with Gasteiger partial charge < -0.3 is 5.73 Å². The van der Waals surface area contributed by atoms with E-state index in [1.165, 1.54) is 5.56 Å². The summed E-state index contributed by atoms with van der Waals surface area (Å²) >= 11 is 0. The smallest absolute Gasteiger partial charge is 0.193 e. The van der Waals surface area contributed by atoms with Crippen LogP contribution in [0.25, 0.3) is 0 Å². The lowest BCUT2D eigenvalue weighted by Gasteiger charge is -2.23. The first-order valence-corrected chi connectivity index (χ1v) is 7.36. The molecule has 0 aliphatic rings. The van der Waals surface area contributed by atoms with Crippen LogP contribution < -0.4 is 5.73 Å². The van der Waals surface area contributed by atoms with Crippen LogP contribution in [0.15, 0.2) is 42.5 Å². The van der Waals surface area contributed by atoms with Crippen LogP contribution in [0, 0.1) is 6.92 Å². The van der Waals surface area contributed by atoms with E-state index in [-0.39, 0.29) is 11.2 Å². The van der Waals surface area contributed by atoms with Gasteiger partial charge in [-0.25, -0.2) is 0 Å². The predicted molar refractivity (Wildman–Crippen MR) is 88.8 cm³/mol. The summed E-state index contributed by atoms with van der Waals surface area (Å²) in [5.74, 6) is 0.0163. The van der Waals surface area contributed by atoms with Crippen LogP contribution in [0.1, 0.15) is 54.2 Å². The van der Waals surface area contributed by atoms with Crippen molar-refractivity contribution in [2.75, 3.05) is 5.73 Å². The first kappa shape index (κ1) is 15.3. The number of ketones is 1. The standard InChI is InChI=1S/C19H23NO/c1-5-19(3,4)16-10-8-14(9-11-16)18(21)15-7-6-13(2)17(20)12-15/h6-12H,5,20H2,1-4H3. The summed E-state index contributed by atoms with van der Waals surface area (Å²) < 4.78 is 0. The molecule has 0 aromatic heterocycles. The molecule has 0 radical (unpaired) electrons. The average molecular weight is 281 g/mol. The minimum Gasteiger partial charge on any atom is -0.398 e. The number of benzene rings is 2. The molecule has 0 spiro atoms. The predicted octanol–water partition coefficient (Wildman–Crippen LogP) is 4.50. The van der Waals surface area contributed by atoms with Crippen molar-refractivity contribution in [3.05, 3.63) is 64.7 Å². The number of hydrogen-bond donors (Lipinski definition) is 1. The maximum absolute atomic E-state index is 12.5. The average Bonchev–Trinajstić information content (AvgIpc) is 2.49. The first-order valence-electron chi connectivity index (χ1n) is 7.36. The second-order valence-corrected chi connectivity index (χ2v) is 6.22. The number of nitrogens with two attached hydrogens (primary N) is 1. The van der Waals surface area contributed by atoms with Gasteiger partial charge in [-0.1, -0.05) is 57.2 Å². The summed E-state index contributed by atoms with van der Waals surface area (Å²) in [5.41, 5.74) is 10.3. The van der Waals surface area contributed by atoms with Gasteiger partial charge in [0.15, 0.2) is 5.78 Å². The van der Waals surface area contributed by atoms with Crippen molar-refractivity contribution in [1.82, 2.24) is 0 Å². The minimum atomic E-state index is 0.0163. The molecule has 0 saturated carbocycles. The van der Waals surface area contributed by atoms with Crippen LogP contribution >= 0.6 is 0 Å². The number of nitrogen functional groups attached to an aromatic ring is 1. The Morgan fingerprint density at radius 2 is 1.62 bits per heavy atom. The van der Waals surface area contributed by atoms with E-state index in [4.69, 9.17) is 5.73 Å². The van der Waals surface area contributed by atoms with Gasteiger partial charge in [-0.2, -0.15) is 0 Å². The maximum Gasteiger partial charge on any atom is 0.193 e. The van der Waals surface area contributed by atoms with Gasteiger partial charge in [0.1, 0.15) is 0 Å². The van der Waals surface area contributed by atoms with Gasteiger partial charge in [0.05, 0.1) is 0 Å². The van der Waals surface area contributed by atoms with Crippen molar-refractivity contribution >= 4 is 11.5 Å². The van der Waals surface area contributed by atoms with E-state index in [0.717, 1.165) is 12.0 Å². The summed E-state index contributed by atoms with van der Waals surface area (Å²) in [6.07, 6.45) is 1.06. The van der Waals surface area contributed by atoms with E-state index in [1.54, 1.807) is 6.07 Å². The van der Waals surface area contributed by atoms with Crippen LogP contribution in [-0.2, 0) is 5.41 Å². The van der Waals surface area contributed by atoms with Gasteiger partial charge in [-0.3, -0.25) is 4.79 Å². The molecule has 0 aliphatic carbocycles. The molecular weight excluding hydrogens is 258 g/mol. The lowest BCUT2D eigenvalue weighted by molar-refractivity contribution is 0.103. The highest BCUT2D eigenvalue weighted by molar-refractivity contribution is 6.09. The molecule has 110 valence electrons. The summed E-state index contributed by atoms with van der Waals surface area (Å²) in [6, 6.07) is 13.4. The molecule has 0 aliphatic heterocycles. The molecule has 0 heterocycles. The lowest BCUT2D eigenvalue weighted by Crippen LogP contribution is -2.15. The second-order valence-electron chi connectivity index (χ2n) is 6.22. The molecule has 2 nitrogen and oxygen atoms in total. The molecule has 0 saturated heterocycles. The highest BCUT2D eigenvalue weighted by atomic mass is 16.1. The van der Waals surface area contributed by atoms with Crippen molar-refractivity contribution in [2.24, 2.45) is 0 Å². The molecule has 2 heteroatoms. The van der Waals surface area contributed by atoms with Crippen molar-refractivity contribution in [2.45, 2.75) is 39.5 Å². The van der Waals surface area contributed by atoms with Crippen LogP contribution in [0.5, 0.6) is 0 Å². The number of rotatable bonds is 4. The summed E-state index contributed by atoms with van der Waals surface area (Å²) in [7, 11) is 0. The van der Waals surface area contributed by atoms with Gasteiger partial charge in [-0.05, 0) is 36.0 Å². The molecule has 0 bridgehead atoms. The Morgan fingerprint density at radius 3 is 2.14 bits per heavy atom. The fourth-order valence-electron chi connectivity index (χ4n) is 2.23. The second kappa shape index (κ2) is 5.72. The number of hydrogen-bond acceptors (Lipinski definition) is 2. The molecule has 2 aromatic rings. The van der Waals surface area contributed by atoms with E-state index in [1.807, 2.05) is 43.3 Å². The van der Waals surface area contributed by atoms with Crippen LogP contribution in [0.3, 0.4) is 0 Å². The fraction of sp³-hybridized carbons (Fsp3) is 0.316. The van der Waals surface area contributed by atoms with Crippen LogP contribution in [0.4, 0.5) is 5.69 Å². The van der Waals surface area contributed by atoms with Gasteiger partial charge in [0.2, 0.25) is 0 Å². The quantitative estimate of drug-likeness (QED) is 0.662. The van der Waals surface area contributed by atoms with Crippen LogP contribution in [0.2, 0.25) is 0 Å². The molecule has 0 amide bonds. The number of carbonyl (C=O) groups excluding carboxylic acids is 1. The lowest BCUT2D eigenvalue weighted by atomic mass is 9.82. The van der Waals surface area contributed by atoms with E-state index in [0.29, 0.717) is 16.8 Å². The Labute approximate surface area is 127 Å². The normalized spacial score (nSPS) is 11.4. The Bertz CT molecular complexity index is 654. The van der Waals surface area contributed by atoms with Gasteiger partial charge in [0.25, 0.3) is 0 Å². The molecule has 2 rings (SSSR count). The molecule has 0 atom stereocenters. The molecule has 0 fully saturated rings. The van der Waals surface area contributed by atoms with Gasteiger partial charge in [0, 0.05) is 16.8 Å². The number of anilines is 1. The number of carbonyl (C=O) groups is 1. The largest absolute Gasteiger partial charge is 0.398 e. The summed E-state index contributed by atoms with van der Waals surface area (Å²) in [6.45, 7) is 8.54. The highest BCUT2D eigenvalue weighted by Gasteiger charge is 2.18. The van der Waals surface area contributed by atoms with E-state index in [2.05, 4.69) is 20.8 Å². The van der Waals surface area contributed by atoms with Crippen molar-refractivity contribution in [3.8, 4) is 0 Å². The van der Waals surface area contributed by atoms with E-state index in [9.17, 15) is 4.79 Å². The van der Waals surface area contributed by atoms with E-state index < -0.39 is 0 Å². The Hall–Kier alpha value is -2.09. The molecule has 21 heavy (non-hydrogen) atoms. The summed E-state index contributed by atoms with van der Waals surface area (Å²) in [4.78, 5) is 12.5. The third kappa shape index (κ3) is 3.15. The monoisotopic (exact) mass is 281 g/mol. The maximum atomic E-state index is 12.5. The zero-order valence-electron chi connectivity index (χ0n) is 13.2. The Balaban J connectivity index is 2.30. The van der Waals surface area contributed by atoms with E-state index >= 15 is 0 Å². The first-order chi connectivity index (χ1) is 9.85. The van der Waals surface area contributed by atoms with Gasteiger partial charge >= 0.3 is 0 Å². The highest BCUT2D eigenvalue weighted by Crippen LogP contribution is 2.27. The summed E-state index contributed by atoms with van der Waals surface area (Å²) in [5, 5.41) is 0. The zero-order valence-corrected chi connectivity index (χ0v) is 13.2. The third-order valence-electron chi connectivity index (χ3n) is 4.35. The van der Waals surface area contributed by atoms with Crippen molar-refractivity contribution < 1.29 is 4.79 Å². The Kier molecular flexibility index (Phi) is 4.17. The molecule has 0 unspecified atom stereocenters. The molecule has 2 N–H and O–H groups in total. The minimum absolute atomic E-state index is 0.0163. The third-order valence-corrected chi connectivity index (χ3v) is 4.35. The van der Waals surface area contributed by atoms with Crippen molar-refractivity contribution in [1.29, 1.82) is 0 Å². The SMILES string of the molecule is CCC(C)(C)c1ccc(C(=O)c2ccc(C)c(N)c2)cc1. The van der Waals surface area contributed by atoms with Crippen LogP contribution in [-0.4, -0.2) is 5.78 Å². The van der Waals surface area contributed by atoms with Gasteiger partial charge in [-0.15, -0.1) is 0 Å². The van der Waals surface area contributed by atoms with Crippen molar-refractivity contribution in [3.63, 3.8) is 0 Å². The topological polar surface area (TPSA) is 43.1 Å². The fourth-order valence-corrected chi connectivity index (χ4v) is 2.23. The zero-order chi connectivity index (χ0) is 15.6. The number of aryl methyl sites for hydroxylation is 1. The molecular formula is C19H23NO. The Morgan fingerprint density at radius 1 is 1.05 bits per heavy atom.